The highest BCUT2D eigenvalue weighted by Gasteiger charge is 2.61. The quantitative estimate of drug-likeness (QED) is 0.484. The van der Waals surface area contributed by atoms with Gasteiger partial charge >= 0.3 is 0 Å². The third-order valence-corrected chi connectivity index (χ3v) is 11.0. The second-order valence-corrected chi connectivity index (χ2v) is 12.3. The molecule has 1 unspecified atom stereocenters. The van der Waals surface area contributed by atoms with E-state index in [1.165, 1.54) is 56.9 Å². The fraction of sp³-hybridized carbons (Fsp3) is 0.893. The van der Waals surface area contributed by atoms with Crippen LogP contribution in [0.5, 0.6) is 0 Å². The number of aliphatic hydroxyl groups excluding tert-OH is 1. The van der Waals surface area contributed by atoms with E-state index in [0.717, 1.165) is 36.5 Å². The van der Waals surface area contributed by atoms with Gasteiger partial charge in [0.05, 0.1) is 0 Å². The molecule has 30 heavy (non-hydrogen) atoms. The summed E-state index contributed by atoms with van der Waals surface area (Å²) < 4.78 is 0. The third-order valence-electron chi connectivity index (χ3n) is 11.0. The molecule has 2 heteroatoms. The van der Waals surface area contributed by atoms with E-state index >= 15 is 0 Å². The summed E-state index contributed by atoms with van der Waals surface area (Å²) in [5.74, 6) is 5.39. The Kier molecular flexibility index (Phi) is 6.30. The van der Waals surface area contributed by atoms with Crippen molar-refractivity contribution in [3.05, 3.63) is 12.2 Å². The lowest BCUT2D eigenvalue weighted by molar-refractivity contribution is -0.154. The fourth-order valence-corrected chi connectivity index (χ4v) is 9.04. The summed E-state index contributed by atoms with van der Waals surface area (Å²) in [4.78, 5) is 12.2. The Hall–Kier alpha value is -0.630. The Bertz CT molecular complexity index is 666. The zero-order valence-corrected chi connectivity index (χ0v) is 20.1. The molecule has 0 aliphatic heterocycles. The summed E-state index contributed by atoms with van der Waals surface area (Å²) in [5, 5.41) is 10.6. The van der Waals surface area contributed by atoms with Gasteiger partial charge < -0.3 is 5.11 Å². The van der Waals surface area contributed by atoms with Crippen molar-refractivity contribution in [3.63, 3.8) is 0 Å². The molecule has 0 spiro atoms. The molecule has 0 amide bonds. The summed E-state index contributed by atoms with van der Waals surface area (Å²) in [7, 11) is 0. The summed E-state index contributed by atoms with van der Waals surface area (Å²) >= 11 is 0. The van der Waals surface area contributed by atoms with Gasteiger partial charge in [-0.15, -0.1) is 0 Å². The maximum absolute atomic E-state index is 12.2. The number of aliphatic hydroxyl groups is 1. The Labute approximate surface area is 185 Å². The second kappa shape index (κ2) is 8.38. The molecule has 4 rings (SSSR count). The summed E-state index contributed by atoms with van der Waals surface area (Å²) in [6.07, 6.45) is 12.8. The van der Waals surface area contributed by atoms with E-state index in [1.807, 2.05) is 0 Å². The van der Waals surface area contributed by atoms with Gasteiger partial charge in [0, 0.05) is 24.9 Å². The lowest BCUT2D eigenvalue weighted by atomic mass is 9.44. The van der Waals surface area contributed by atoms with Crippen molar-refractivity contribution in [3.8, 4) is 0 Å². The third kappa shape index (κ3) is 3.54. The molecule has 4 aliphatic rings. The van der Waals surface area contributed by atoms with Crippen LogP contribution in [-0.4, -0.2) is 17.5 Å². The molecule has 0 heterocycles. The van der Waals surface area contributed by atoms with E-state index in [-0.39, 0.29) is 5.41 Å². The zero-order valence-electron chi connectivity index (χ0n) is 20.1. The van der Waals surface area contributed by atoms with E-state index < -0.39 is 0 Å². The van der Waals surface area contributed by atoms with Crippen LogP contribution in [-0.2, 0) is 4.79 Å². The van der Waals surface area contributed by atoms with Gasteiger partial charge in [-0.25, -0.2) is 0 Å². The molecule has 0 saturated heterocycles. The van der Waals surface area contributed by atoms with Crippen molar-refractivity contribution >= 4 is 5.78 Å². The highest BCUT2D eigenvalue weighted by molar-refractivity contribution is 5.79. The first-order valence-electron chi connectivity index (χ1n) is 13.0. The van der Waals surface area contributed by atoms with E-state index in [9.17, 15) is 9.90 Å². The number of fused-ring (bicyclic) bond motifs is 5. The lowest BCUT2D eigenvalue weighted by Gasteiger charge is -2.61. The summed E-state index contributed by atoms with van der Waals surface area (Å²) in [5.41, 5.74) is 1.95. The molecule has 4 aliphatic carbocycles. The molecule has 0 bridgehead atoms. The molecule has 4 saturated carbocycles. The van der Waals surface area contributed by atoms with E-state index in [0.29, 0.717) is 42.0 Å². The molecule has 0 aromatic carbocycles. The number of rotatable bonds is 6. The summed E-state index contributed by atoms with van der Waals surface area (Å²) in [6, 6.07) is 0. The van der Waals surface area contributed by atoms with Gasteiger partial charge in [-0.3, -0.25) is 4.79 Å². The number of carbonyl (C=O) groups excluding carboxylic acids is 1. The van der Waals surface area contributed by atoms with Crippen LogP contribution >= 0.6 is 0 Å². The van der Waals surface area contributed by atoms with Crippen LogP contribution in [0.15, 0.2) is 12.2 Å². The summed E-state index contributed by atoms with van der Waals surface area (Å²) in [6.45, 7) is 14.3. The van der Waals surface area contributed by atoms with Crippen LogP contribution in [0.3, 0.4) is 0 Å². The molecular weight excluding hydrogens is 368 g/mol. The maximum atomic E-state index is 12.2. The molecule has 1 N–H and O–H groups in total. The van der Waals surface area contributed by atoms with Crippen LogP contribution in [0.4, 0.5) is 0 Å². The normalized spacial score (nSPS) is 44.3. The van der Waals surface area contributed by atoms with Gasteiger partial charge in [0.1, 0.15) is 5.78 Å². The molecule has 8 atom stereocenters. The second-order valence-electron chi connectivity index (χ2n) is 12.3. The first kappa shape index (κ1) is 22.6. The molecule has 2 nitrogen and oxygen atoms in total. The van der Waals surface area contributed by atoms with Crippen molar-refractivity contribution in [2.24, 2.45) is 52.3 Å². The number of ketones is 1. The average molecular weight is 415 g/mol. The van der Waals surface area contributed by atoms with E-state index in [1.54, 1.807) is 0 Å². The topological polar surface area (TPSA) is 37.3 Å². The molecule has 0 radical (unpaired) electrons. The van der Waals surface area contributed by atoms with Gasteiger partial charge in [-0.05, 0) is 105 Å². The largest absolute Gasteiger partial charge is 0.396 e. The Morgan fingerprint density at radius 3 is 2.57 bits per heavy atom. The molecule has 4 fully saturated rings. The number of allylic oxidation sites excluding steroid dienone is 1. The van der Waals surface area contributed by atoms with Crippen LogP contribution in [0.2, 0.25) is 0 Å². The number of hydrogen-bond donors (Lipinski definition) is 1. The van der Waals surface area contributed by atoms with Gasteiger partial charge in [0.15, 0.2) is 0 Å². The maximum Gasteiger partial charge on any atom is 0.133 e. The SMILES string of the molecule is C=C(CC[C@@H](C)[C@H]1CC[C@H]2[C@@H]3CCC4CC(=O)CC[C@]4(CO)[C@H]3CC[C@]12C)C(C)C. The molecule has 0 aromatic rings. The van der Waals surface area contributed by atoms with E-state index in [2.05, 4.69) is 34.3 Å². The lowest BCUT2D eigenvalue weighted by Crippen LogP contribution is -2.56. The minimum Gasteiger partial charge on any atom is -0.396 e. The molecule has 170 valence electrons. The van der Waals surface area contributed by atoms with Gasteiger partial charge in [0.25, 0.3) is 0 Å². The first-order chi connectivity index (χ1) is 14.2. The Morgan fingerprint density at radius 2 is 1.87 bits per heavy atom. The van der Waals surface area contributed by atoms with Crippen LogP contribution in [0.25, 0.3) is 0 Å². The highest BCUT2D eigenvalue weighted by Crippen LogP contribution is 2.68. The number of Topliss-reactive ketones (excluding diaryl/α,β-unsaturated/α-hetero) is 1. The minimum absolute atomic E-state index is 0.0524. The number of hydrogen-bond acceptors (Lipinski definition) is 2. The van der Waals surface area contributed by atoms with Crippen molar-refractivity contribution in [2.45, 2.75) is 98.3 Å². The predicted molar refractivity (Wildman–Crippen MR) is 124 cm³/mol. The van der Waals surface area contributed by atoms with E-state index in [4.69, 9.17) is 0 Å². The smallest absolute Gasteiger partial charge is 0.133 e. The standard InChI is InChI=1S/C28H46O2/c1-18(2)19(3)6-7-20(4)24-10-11-25-23-9-8-21-16-22(30)12-15-28(21,17-29)26(23)13-14-27(24,25)5/h18,20-21,23-26,29H,3,6-17H2,1-2,4-5H3/t20-,21?,23+,24-,25+,26+,27-,28-/m1/s1. The Balaban J connectivity index is 1.49. The van der Waals surface area contributed by atoms with Crippen molar-refractivity contribution in [2.75, 3.05) is 6.61 Å². The van der Waals surface area contributed by atoms with Crippen molar-refractivity contribution in [1.82, 2.24) is 0 Å². The predicted octanol–water partition coefficient (Wildman–Crippen LogP) is 6.82. The van der Waals surface area contributed by atoms with Crippen molar-refractivity contribution in [1.29, 1.82) is 0 Å². The van der Waals surface area contributed by atoms with Gasteiger partial charge in [-0.2, -0.15) is 0 Å². The fourth-order valence-electron chi connectivity index (χ4n) is 9.04. The first-order valence-corrected chi connectivity index (χ1v) is 13.0. The highest BCUT2D eigenvalue weighted by atomic mass is 16.3. The number of carbonyl (C=O) groups is 1. The van der Waals surface area contributed by atoms with Crippen LogP contribution in [0, 0.1) is 52.3 Å². The average Bonchev–Trinajstić information content (AvgIpc) is 3.08. The van der Waals surface area contributed by atoms with Crippen LogP contribution < -0.4 is 0 Å². The van der Waals surface area contributed by atoms with Gasteiger partial charge in [-0.1, -0.05) is 39.8 Å². The molecule has 0 aromatic heterocycles. The zero-order chi connectivity index (χ0) is 21.7. The Morgan fingerprint density at radius 1 is 1.10 bits per heavy atom. The van der Waals surface area contributed by atoms with Crippen LogP contribution in [0.1, 0.15) is 98.3 Å². The van der Waals surface area contributed by atoms with Gasteiger partial charge in [0.2, 0.25) is 0 Å². The minimum atomic E-state index is 0.0524. The molecular formula is C28H46O2. The van der Waals surface area contributed by atoms with Crippen molar-refractivity contribution < 1.29 is 9.90 Å². The monoisotopic (exact) mass is 414 g/mol.